The van der Waals surface area contributed by atoms with Crippen LogP contribution in [0.15, 0.2) is 72.8 Å². The van der Waals surface area contributed by atoms with Gasteiger partial charge in [0.1, 0.15) is 24.0 Å². The second-order valence-electron chi connectivity index (χ2n) is 5.01. The predicted molar refractivity (Wildman–Crippen MR) is 94.0 cm³/mol. The molecule has 0 aromatic heterocycles. The second kappa shape index (κ2) is 8.96. The molecule has 0 unspecified atom stereocenters. The van der Waals surface area contributed by atoms with Gasteiger partial charge >= 0.3 is 0 Å². The first kappa shape index (κ1) is 17.0. The molecular formula is C20H18N2O2. The average Bonchev–Trinajstić information content (AvgIpc) is 2.64. The molecule has 0 aliphatic carbocycles. The van der Waals surface area contributed by atoms with Gasteiger partial charge in [-0.3, -0.25) is 4.79 Å². The third-order valence-corrected chi connectivity index (χ3v) is 3.22. The van der Waals surface area contributed by atoms with Crippen LogP contribution in [0.5, 0.6) is 5.75 Å². The van der Waals surface area contributed by atoms with Gasteiger partial charge < -0.3 is 10.1 Å². The van der Waals surface area contributed by atoms with Crippen LogP contribution in [-0.2, 0) is 11.3 Å². The Morgan fingerprint density at radius 2 is 1.88 bits per heavy atom. The SMILES string of the molecule is C=CCOc1ccc(/C=C(\C#N)C(=O)NCc2ccccc2)cc1. The van der Waals surface area contributed by atoms with Gasteiger partial charge in [0.15, 0.2) is 0 Å². The van der Waals surface area contributed by atoms with E-state index in [1.165, 1.54) is 0 Å². The first-order chi connectivity index (χ1) is 11.7. The van der Waals surface area contributed by atoms with Crippen molar-refractivity contribution in [3.05, 3.63) is 84.0 Å². The topological polar surface area (TPSA) is 62.1 Å². The number of benzene rings is 2. The molecule has 0 saturated heterocycles. The molecule has 0 bridgehead atoms. The maximum absolute atomic E-state index is 12.1. The van der Waals surface area contributed by atoms with Crippen LogP contribution in [0.1, 0.15) is 11.1 Å². The van der Waals surface area contributed by atoms with Crippen LogP contribution < -0.4 is 10.1 Å². The Bertz CT molecular complexity index is 756. The van der Waals surface area contributed by atoms with Crippen molar-refractivity contribution in [3.63, 3.8) is 0 Å². The number of ether oxygens (including phenoxy) is 1. The van der Waals surface area contributed by atoms with Crippen molar-refractivity contribution in [1.82, 2.24) is 5.32 Å². The number of hydrogen-bond acceptors (Lipinski definition) is 3. The quantitative estimate of drug-likeness (QED) is 0.483. The van der Waals surface area contributed by atoms with E-state index < -0.39 is 5.91 Å². The zero-order valence-electron chi connectivity index (χ0n) is 13.2. The van der Waals surface area contributed by atoms with E-state index in [-0.39, 0.29) is 5.57 Å². The lowest BCUT2D eigenvalue weighted by Gasteiger charge is -2.05. The number of hydrogen-bond donors (Lipinski definition) is 1. The molecule has 2 aromatic carbocycles. The van der Waals surface area contributed by atoms with Crippen molar-refractivity contribution in [2.24, 2.45) is 0 Å². The summed E-state index contributed by atoms with van der Waals surface area (Å²) in [5.41, 5.74) is 1.80. The monoisotopic (exact) mass is 318 g/mol. The molecule has 2 aromatic rings. The Morgan fingerprint density at radius 1 is 1.17 bits per heavy atom. The fraction of sp³-hybridized carbons (Fsp3) is 0.100. The van der Waals surface area contributed by atoms with E-state index >= 15 is 0 Å². The summed E-state index contributed by atoms with van der Waals surface area (Å²) < 4.78 is 5.39. The largest absolute Gasteiger partial charge is 0.490 e. The summed E-state index contributed by atoms with van der Waals surface area (Å²) >= 11 is 0. The van der Waals surface area contributed by atoms with Crippen LogP contribution in [0.25, 0.3) is 6.08 Å². The highest BCUT2D eigenvalue weighted by atomic mass is 16.5. The summed E-state index contributed by atoms with van der Waals surface area (Å²) in [6, 6.07) is 18.6. The van der Waals surface area contributed by atoms with Gasteiger partial charge in [-0.25, -0.2) is 0 Å². The third kappa shape index (κ3) is 5.15. The van der Waals surface area contributed by atoms with Crippen molar-refractivity contribution in [3.8, 4) is 11.8 Å². The Hall–Kier alpha value is -3.32. The molecule has 1 N–H and O–H groups in total. The highest BCUT2D eigenvalue weighted by Gasteiger charge is 2.08. The van der Waals surface area contributed by atoms with Crippen molar-refractivity contribution in [2.45, 2.75) is 6.54 Å². The summed E-state index contributed by atoms with van der Waals surface area (Å²) in [5, 5.41) is 12.0. The molecule has 4 heteroatoms. The number of nitriles is 1. The molecule has 0 aliphatic heterocycles. The summed E-state index contributed by atoms with van der Waals surface area (Å²) in [6.07, 6.45) is 3.22. The van der Waals surface area contributed by atoms with Gasteiger partial charge in [0.2, 0.25) is 0 Å². The number of nitrogens with one attached hydrogen (secondary N) is 1. The van der Waals surface area contributed by atoms with E-state index in [1.54, 1.807) is 36.4 Å². The van der Waals surface area contributed by atoms with Gasteiger partial charge in [-0.2, -0.15) is 5.26 Å². The molecule has 4 nitrogen and oxygen atoms in total. The highest BCUT2D eigenvalue weighted by Crippen LogP contribution is 2.14. The average molecular weight is 318 g/mol. The number of carbonyl (C=O) groups is 1. The molecule has 0 saturated carbocycles. The van der Waals surface area contributed by atoms with Crippen molar-refractivity contribution in [2.75, 3.05) is 6.61 Å². The van der Waals surface area contributed by atoms with Crippen LogP contribution in [0.3, 0.4) is 0 Å². The summed E-state index contributed by atoms with van der Waals surface area (Å²) in [4.78, 5) is 12.1. The van der Waals surface area contributed by atoms with Crippen LogP contribution in [0.2, 0.25) is 0 Å². The summed E-state index contributed by atoms with van der Waals surface area (Å²) in [6.45, 7) is 4.40. The maximum atomic E-state index is 12.1. The van der Waals surface area contributed by atoms with E-state index in [2.05, 4.69) is 11.9 Å². The first-order valence-corrected chi connectivity index (χ1v) is 7.50. The summed E-state index contributed by atoms with van der Waals surface area (Å²) in [7, 11) is 0. The number of carbonyl (C=O) groups excluding carboxylic acids is 1. The minimum absolute atomic E-state index is 0.0608. The standard InChI is InChI=1S/C20H18N2O2/c1-2-12-24-19-10-8-16(9-11-19)13-18(14-21)20(23)22-15-17-6-4-3-5-7-17/h2-11,13H,1,12,15H2,(H,22,23)/b18-13+. The molecular weight excluding hydrogens is 300 g/mol. The molecule has 120 valence electrons. The molecule has 0 fully saturated rings. The van der Waals surface area contributed by atoms with Crippen LogP contribution in [0.4, 0.5) is 0 Å². The maximum Gasteiger partial charge on any atom is 0.262 e. The Kier molecular flexibility index (Phi) is 6.36. The van der Waals surface area contributed by atoms with Gasteiger partial charge in [0.25, 0.3) is 5.91 Å². The molecule has 0 atom stereocenters. The molecule has 0 heterocycles. The lowest BCUT2D eigenvalue weighted by Crippen LogP contribution is -2.23. The van der Waals surface area contributed by atoms with E-state index in [1.807, 2.05) is 36.4 Å². The van der Waals surface area contributed by atoms with E-state index in [9.17, 15) is 10.1 Å². The number of nitrogens with zero attached hydrogens (tertiary/aromatic N) is 1. The van der Waals surface area contributed by atoms with Gasteiger partial charge in [-0.15, -0.1) is 0 Å². The van der Waals surface area contributed by atoms with Crippen molar-refractivity contribution in [1.29, 1.82) is 5.26 Å². The number of rotatable bonds is 7. The number of amides is 1. The van der Waals surface area contributed by atoms with Crippen LogP contribution in [-0.4, -0.2) is 12.5 Å². The van der Waals surface area contributed by atoms with Gasteiger partial charge in [0.05, 0.1) is 0 Å². The molecule has 24 heavy (non-hydrogen) atoms. The van der Waals surface area contributed by atoms with E-state index in [4.69, 9.17) is 4.74 Å². The molecule has 0 spiro atoms. The van der Waals surface area contributed by atoms with Gasteiger partial charge in [0, 0.05) is 6.54 Å². The van der Waals surface area contributed by atoms with Gasteiger partial charge in [-0.1, -0.05) is 55.1 Å². The highest BCUT2D eigenvalue weighted by molar-refractivity contribution is 6.01. The fourth-order valence-corrected chi connectivity index (χ4v) is 2.00. The second-order valence-corrected chi connectivity index (χ2v) is 5.01. The van der Waals surface area contributed by atoms with Crippen molar-refractivity contribution < 1.29 is 9.53 Å². The van der Waals surface area contributed by atoms with E-state index in [0.29, 0.717) is 18.9 Å². The zero-order valence-corrected chi connectivity index (χ0v) is 13.2. The Morgan fingerprint density at radius 3 is 2.50 bits per heavy atom. The fourth-order valence-electron chi connectivity index (χ4n) is 2.00. The molecule has 0 aliphatic rings. The van der Waals surface area contributed by atoms with Crippen LogP contribution >= 0.6 is 0 Å². The molecule has 0 radical (unpaired) electrons. The zero-order chi connectivity index (χ0) is 17.2. The smallest absolute Gasteiger partial charge is 0.262 e. The van der Waals surface area contributed by atoms with Crippen LogP contribution in [0, 0.1) is 11.3 Å². The molecule has 1 amide bonds. The minimum Gasteiger partial charge on any atom is -0.490 e. The Labute approximate surface area is 141 Å². The normalized spacial score (nSPS) is 10.5. The first-order valence-electron chi connectivity index (χ1n) is 7.50. The van der Waals surface area contributed by atoms with Crippen molar-refractivity contribution >= 4 is 12.0 Å². The predicted octanol–water partition coefficient (Wildman–Crippen LogP) is 3.47. The molecule has 2 rings (SSSR count). The Balaban J connectivity index is 2.01. The third-order valence-electron chi connectivity index (χ3n) is 3.22. The van der Waals surface area contributed by atoms with E-state index in [0.717, 1.165) is 11.1 Å². The van der Waals surface area contributed by atoms with Gasteiger partial charge in [-0.05, 0) is 29.3 Å². The lowest BCUT2D eigenvalue weighted by atomic mass is 10.1. The summed E-state index contributed by atoms with van der Waals surface area (Å²) in [5.74, 6) is 0.312. The lowest BCUT2D eigenvalue weighted by molar-refractivity contribution is -0.117. The minimum atomic E-state index is -0.395.